The predicted molar refractivity (Wildman–Crippen MR) is 135 cm³/mol. The summed E-state index contributed by atoms with van der Waals surface area (Å²) >= 11 is 6.45. The van der Waals surface area contributed by atoms with E-state index in [1.807, 2.05) is 0 Å². The smallest absolute Gasteiger partial charge is 0.219 e. The van der Waals surface area contributed by atoms with Gasteiger partial charge in [-0.05, 0) is 37.8 Å². The number of anilines is 1. The molecule has 10 heteroatoms. The number of thioether (sulfide) groups is 1. The molecule has 1 aromatic heterocycles. The molecule has 176 valence electrons. The van der Waals surface area contributed by atoms with Crippen molar-refractivity contribution in [3.63, 3.8) is 0 Å². The van der Waals surface area contributed by atoms with Crippen LogP contribution in [0.15, 0.2) is 49.7 Å². The van der Waals surface area contributed by atoms with E-state index in [2.05, 4.69) is 32.2 Å². The molecule has 0 amide bonds. The predicted octanol–water partition coefficient (Wildman–Crippen LogP) is 6.17. The van der Waals surface area contributed by atoms with Crippen molar-refractivity contribution in [1.82, 2.24) is 10.2 Å². The van der Waals surface area contributed by atoms with E-state index in [0.717, 1.165) is 4.34 Å². The maximum atomic E-state index is 15.0. The number of carbonyl (C=O) groups is 1. The van der Waals surface area contributed by atoms with Crippen LogP contribution in [0.3, 0.4) is 0 Å². The second-order valence-electron chi connectivity index (χ2n) is 8.71. The standard InChI is InChI=1S/C24H23BrFN5OS2/c25-13-9-10-15(17(26)11-13)20-16(12-27)22(28)31(18-7-4-8-19(32)21(18)20)23-29-30-24(34-23)33-14-5-2-1-3-6-14/h9-11,14,20H,1-8,28H2. The monoisotopic (exact) mass is 559 g/mol. The minimum Gasteiger partial charge on any atom is -0.384 e. The molecule has 2 aromatic rings. The van der Waals surface area contributed by atoms with E-state index in [0.29, 0.717) is 45.4 Å². The lowest BCUT2D eigenvalue weighted by Crippen LogP contribution is -2.38. The maximum Gasteiger partial charge on any atom is 0.219 e. The summed E-state index contributed by atoms with van der Waals surface area (Å²) in [6.07, 6.45) is 7.74. The van der Waals surface area contributed by atoms with Gasteiger partial charge in [-0.25, -0.2) is 4.39 Å². The molecule has 5 rings (SSSR count). The Hall–Kier alpha value is -2.22. The van der Waals surface area contributed by atoms with Crippen molar-refractivity contribution >= 4 is 49.9 Å². The zero-order valence-electron chi connectivity index (χ0n) is 18.4. The van der Waals surface area contributed by atoms with Gasteiger partial charge in [-0.15, -0.1) is 10.2 Å². The number of rotatable bonds is 4. The Kier molecular flexibility index (Phi) is 6.78. The summed E-state index contributed by atoms with van der Waals surface area (Å²) in [5.74, 6) is -1.21. The molecular weight excluding hydrogens is 537 g/mol. The van der Waals surface area contributed by atoms with Crippen LogP contribution in [0, 0.1) is 17.1 Å². The van der Waals surface area contributed by atoms with E-state index < -0.39 is 11.7 Å². The summed E-state index contributed by atoms with van der Waals surface area (Å²) in [5, 5.41) is 19.9. The van der Waals surface area contributed by atoms with Crippen LogP contribution in [0.5, 0.6) is 0 Å². The Morgan fingerprint density at radius 1 is 1.21 bits per heavy atom. The molecule has 0 radical (unpaired) electrons. The molecule has 0 spiro atoms. The van der Waals surface area contributed by atoms with Gasteiger partial charge in [0.2, 0.25) is 5.13 Å². The van der Waals surface area contributed by atoms with E-state index in [1.165, 1.54) is 49.5 Å². The molecule has 1 unspecified atom stereocenters. The van der Waals surface area contributed by atoms with Gasteiger partial charge in [-0.3, -0.25) is 9.69 Å². The van der Waals surface area contributed by atoms with Gasteiger partial charge in [-0.1, -0.05) is 64.4 Å². The molecule has 1 aromatic carbocycles. The third-order valence-electron chi connectivity index (χ3n) is 6.59. The van der Waals surface area contributed by atoms with E-state index in [1.54, 1.807) is 28.8 Å². The van der Waals surface area contributed by atoms with Crippen LogP contribution in [0.1, 0.15) is 62.8 Å². The number of nitrogens with zero attached hydrogens (tertiary/aromatic N) is 4. The molecule has 1 aliphatic heterocycles. The number of Topliss-reactive ketones (excluding diaryl/α,β-unsaturated/α-hetero) is 1. The van der Waals surface area contributed by atoms with Gasteiger partial charge in [0.15, 0.2) is 10.1 Å². The first-order valence-corrected chi connectivity index (χ1v) is 13.9. The topological polar surface area (TPSA) is 95.9 Å². The number of carbonyl (C=O) groups excluding carboxylic acids is 1. The second kappa shape index (κ2) is 9.80. The maximum absolute atomic E-state index is 15.0. The van der Waals surface area contributed by atoms with Crippen LogP contribution in [-0.2, 0) is 4.79 Å². The molecule has 0 saturated heterocycles. The van der Waals surface area contributed by atoms with Gasteiger partial charge in [-0.2, -0.15) is 5.26 Å². The Balaban J connectivity index is 1.58. The van der Waals surface area contributed by atoms with E-state index in [9.17, 15) is 10.1 Å². The molecule has 0 bridgehead atoms. The van der Waals surface area contributed by atoms with Gasteiger partial charge in [0, 0.05) is 33.0 Å². The largest absolute Gasteiger partial charge is 0.384 e. The van der Waals surface area contributed by atoms with Crippen molar-refractivity contribution in [3.8, 4) is 6.07 Å². The molecular formula is C24H23BrFN5OS2. The summed E-state index contributed by atoms with van der Waals surface area (Å²) in [4.78, 5) is 14.9. The summed E-state index contributed by atoms with van der Waals surface area (Å²) in [6.45, 7) is 0. The quantitative estimate of drug-likeness (QED) is 0.478. The third kappa shape index (κ3) is 4.30. The fraction of sp³-hybridized carbons (Fsp3) is 0.417. The fourth-order valence-electron chi connectivity index (χ4n) is 5.02. The zero-order valence-corrected chi connectivity index (χ0v) is 21.6. The van der Waals surface area contributed by atoms with Crippen molar-refractivity contribution in [2.75, 3.05) is 4.90 Å². The number of allylic oxidation sites excluding steroid dienone is 3. The van der Waals surface area contributed by atoms with E-state index in [4.69, 9.17) is 5.73 Å². The summed E-state index contributed by atoms with van der Waals surface area (Å²) in [6, 6.07) is 6.84. The minimum absolute atomic E-state index is 0.0832. The van der Waals surface area contributed by atoms with Gasteiger partial charge >= 0.3 is 0 Å². The normalized spacial score (nSPS) is 21.6. The van der Waals surface area contributed by atoms with Gasteiger partial charge in [0.1, 0.15) is 11.6 Å². The van der Waals surface area contributed by atoms with Crippen molar-refractivity contribution in [3.05, 3.63) is 56.7 Å². The van der Waals surface area contributed by atoms with Crippen LogP contribution in [-0.4, -0.2) is 21.2 Å². The highest BCUT2D eigenvalue weighted by Crippen LogP contribution is 2.48. The number of hydrogen-bond donors (Lipinski definition) is 1. The first kappa shape index (κ1) is 23.5. The van der Waals surface area contributed by atoms with Gasteiger partial charge in [0.25, 0.3) is 0 Å². The minimum atomic E-state index is -0.832. The summed E-state index contributed by atoms with van der Waals surface area (Å²) < 4.78 is 16.5. The number of nitriles is 1. The lowest BCUT2D eigenvalue weighted by Gasteiger charge is -2.38. The molecule has 1 saturated carbocycles. The second-order valence-corrected chi connectivity index (χ2v) is 12.1. The Bertz CT molecular complexity index is 1240. The highest BCUT2D eigenvalue weighted by atomic mass is 79.9. The van der Waals surface area contributed by atoms with Crippen molar-refractivity contribution in [1.29, 1.82) is 5.26 Å². The molecule has 1 atom stereocenters. The van der Waals surface area contributed by atoms with Gasteiger partial charge in [0.05, 0.1) is 17.6 Å². The molecule has 2 heterocycles. The Labute approximate surface area is 214 Å². The number of aromatic nitrogens is 2. The van der Waals surface area contributed by atoms with Crippen LogP contribution in [0.4, 0.5) is 9.52 Å². The average Bonchev–Trinajstić information content (AvgIpc) is 3.27. The molecule has 2 N–H and O–H groups in total. The van der Waals surface area contributed by atoms with E-state index >= 15 is 4.39 Å². The number of nitrogens with two attached hydrogens (primary N) is 1. The highest BCUT2D eigenvalue weighted by molar-refractivity contribution is 9.10. The Morgan fingerprint density at radius 2 is 2.00 bits per heavy atom. The average molecular weight is 561 g/mol. The summed E-state index contributed by atoms with van der Waals surface area (Å²) in [7, 11) is 0. The number of benzene rings is 1. The number of ketones is 1. The van der Waals surface area contributed by atoms with Crippen LogP contribution in [0.2, 0.25) is 0 Å². The lowest BCUT2D eigenvalue weighted by molar-refractivity contribution is -0.116. The van der Waals surface area contributed by atoms with Crippen LogP contribution < -0.4 is 10.6 Å². The molecule has 6 nitrogen and oxygen atoms in total. The summed E-state index contributed by atoms with van der Waals surface area (Å²) in [5.41, 5.74) is 8.13. The number of hydrogen-bond acceptors (Lipinski definition) is 8. The van der Waals surface area contributed by atoms with Crippen molar-refractivity contribution in [2.24, 2.45) is 5.73 Å². The van der Waals surface area contributed by atoms with Crippen LogP contribution >= 0.6 is 39.0 Å². The zero-order chi connectivity index (χ0) is 23.8. The van der Waals surface area contributed by atoms with Gasteiger partial charge < -0.3 is 5.73 Å². The SMILES string of the molecule is N#CC1=C(N)N(c2nnc(SC3CCCCC3)s2)C2=C(C(=O)CCC2)C1c1ccc(Br)cc1F. The van der Waals surface area contributed by atoms with Crippen molar-refractivity contribution in [2.45, 2.75) is 66.9 Å². The Morgan fingerprint density at radius 3 is 2.74 bits per heavy atom. The lowest BCUT2D eigenvalue weighted by atomic mass is 9.75. The third-order valence-corrected chi connectivity index (χ3v) is 9.42. The molecule has 2 aliphatic carbocycles. The van der Waals surface area contributed by atoms with Crippen LogP contribution in [0.25, 0.3) is 0 Å². The molecule has 34 heavy (non-hydrogen) atoms. The fourth-order valence-corrected chi connectivity index (χ4v) is 7.74. The molecule has 3 aliphatic rings. The number of halogens is 2. The van der Waals surface area contributed by atoms with Crippen molar-refractivity contribution < 1.29 is 9.18 Å². The highest BCUT2D eigenvalue weighted by Gasteiger charge is 2.42. The van der Waals surface area contributed by atoms with E-state index in [-0.39, 0.29) is 22.7 Å². The first-order chi connectivity index (χ1) is 16.5. The first-order valence-electron chi connectivity index (χ1n) is 11.4. The molecule has 1 fully saturated rings.